The molecular weight excluding hydrogens is 331 g/mol. The van der Waals surface area contributed by atoms with Gasteiger partial charge in [-0.05, 0) is 34.2 Å². The molecule has 0 heterocycles. The summed E-state index contributed by atoms with van der Waals surface area (Å²) in [6, 6.07) is 12.6. The van der Waals surface area contributed by atoms with Gasteiger partial charge in [0.05, 0.1) is 6.10 Å². The van der Waals surface area contributed by atoms with Gasteiger partial charge in [0.1, 0.15) is 5.82 Å². The van der Waals surface area contributed by atoms with E-state index in [9.17, 15) is 9.50 Å². The van der Waals surface area contributed by atoms with Crippen molar-refractivity contribution in [1.29, 1.82) is 0 Å². The molecule has 112 valence electrons. The molecule has 3 heteroatoms. The van der Waals surface area contributed by atoms with Crippen LogP contribution in [0.3, 0.4) is 0 Å². The fourth-order valence-corrected chi connectivity index (χ4v) is 2.86. The Morgan fingerprint density at radius 1 is 1.10 bits per heavy atom. The van der Waals surface area contributed by atoms with Crippen molar-refractivity contribution in [3.8, 4) is 0 Å². The maximum absolute atomic E-state index is 13.1. The lowest BCUT2D eigenvalue weighted by molar-refractivity contribution is 0.177. The summed E-state index contributed by atoms with van der Waals surface area (Å²) >= 11 is 3.30. The molecule has 0 aliphatic rings. The summed E-state index contributed by atoms with van der Waals surface area (Å²) in [6.45, 7) is 6.52. The quantitative estimate of drug-likeness (QED) is 0.810. The molecule has 0 saturated heterocycles. The fraction of sp³-hybridized carbons (Fsp3) is 0.333. The fourth-order valence-electron chi connectivity index (χ4n) is 2.25. The number of halogens is 2. The van der Waals surface area contributed by atoms with Crippen LogP contribution >= 0.6 is 15.9 Å². The van der Waals surface area contributed by atoms with Gasteiger partial charge in [-0.15, -0.1) is 0 Å². The highest BCUT2D eigenvalue weighted by atomic mass is 79.9. The molecule has 0 amide bonds. The number of benzene rings is 2. The molecule has 2 aromatic rings. The molecule has 2 rings (SSSR count). The second kappa shape index (κ2) is 6.29. The van der Waals surface area contributed by atoms with Crippen molar-refractivity contribution in [2.24, 2.45) is 0 Å². The van der Waals surface area contributed by atoms with E-state index >= 15 is 0 Å². The van der Waals surface area contributed by atoms with Gasteiger partial charge in [0.15, 0.2) is 0 Å². The Bertz CT molecular complexity index is 614. The minimum absolute atomic E-state index is 0.122. The van der Waals surface area contributed by atoms with E-state index in [1.54, 1.807) is 6.07 Å². The number of aliphatic hydroxyl groups excluding tert-OH is 1. The van der Waals surface area contributed by atoms with Crippen LogP contribution in [0.4, 0.5) is 4.39 Å². The van der Waals surface area contributed by atoms with E-state index in [0.717, 1.165) is 5.56 Å². The van der Waals surface area contributed by atoms with Crippen LogP contribution in [-0.2, 0) is 11.8 Å². The highest BCUT2D eigenvalue weighted by molar-refractivity contribution is 9.10. The average molecular weight is 351 g/mol. The lowest BCUT2D eigenvalue weighted by Gasteiger charge is -2.19. The summed E-state index contributed by atoms with van der Waals surface area (Å²) < 4.78 is 13.7. The Balaban J connectivity index is 2.14. The van der Waals surface area contributed by atoms with Crippen molar-refractivity contribution in [3.63, 3.8) is 0 Å². The van der Waals surface area contributed by atoms with Crippen LogP contribution in [0.2, 0.25) is 0 Å². The maximum atomic E-state index is 13.1. The van der Waals surface area contributed by atoms with Gasteiger partial charge in [-0.3, -0.25) is 0 Å². The van der Waals surface area contributed by atoms with Crippen molar-refractivity contribution in [3.05, 3.63) is 69.4 Å². The monoisotopic (exact) mass is 350 g/mol. The molecule has 2 aromatic carbocycles. The zero-order valence-electron chi connectivity index (χ0n) is 12.5. The first-order chi connectivity index (χ1) is 9.77. The Morgan fingerprint density at radius 2 is 1.71 bits per heavy atom. The molecule has 0 bridgehead atoms. The number of rotatable bonds is 3. The highest BCUT2D eigenvalue weighted by Crippen LogP contribution is 2.28. The van der Waals surface area contributed by atoms with Crippen LogP contribution in [0.25, 0.3) is 0 Å². The summed E-state index contributed by atoms with van der Waals surface area (Å²) in [4.78, 5) is 0. The Labute approximate surface area is 134 Å². The summed E-state index contributed by atoms with van der Waals surface area (Å²) in [7, 11) is 0. The second-order valence-corrected chi connectivity index (χ2v) is 7.19. The lowest BCUT2D eigenvalue weighted by atomic mass is 9.86. The van der Waals surface area contributed by atoms with Crippen LogP contribution in [0.15, 0.2) is 46.9 Å². The number of aliphatic hydroxyl groups is 1. The smallest absolute Gasteiger partial charge is 0.124 e. The third-order valence-electron chi connectivity index (χ3n) is 3.57. The summed E-state index contributed by atoms with van der Waals surface area (Å²) in [5, 5.41) is 10.3. The first-order valence-corrected chi connectivity index (χ1v) is 7.79. The molecular formula is C18H20BrFO. The van der Waals surface area contributed by atoms with Gasteiger partial charge >= 0.3 is 0 Å². The van der Waals surface area contributed by atoms with Crippen LogP contribution < -0.4 is 0 Å². The third kappa shape index (κ3) is 4.14. The first-order valence-electron chi connectivity index (χ1n) is 7.00. The first kappa shape index (κ1) is 16.2. The van der Waals surface area contributed by atoms with E-state index in [1.165, 1.54) is 17.7 Å². The topological polar surface area (TPSA) is 20.2 Å². The van der Waals surface area contributed by atoms with Gasteiger partial charge in [0.25, 0.3) is 0 Å². The van der Waals surface area contributed by atoms with E-state index in [-0.39, 0.29) is 11.2 Å². The average Bonchev–Trinajstić information content (AvgIpc) is 2.38. The van der Waals surface area contributed by atoms with Crippen molar-refractivity contribution >= 4 is 15.9 Å². The standard InChI is InChI=1S/C18H20BrFO/c1-18(2,3)13-6-4-12(5-7-13)10-17(21)15-9-8-14(20)11-16(15)19/h4-9,11,17,21H,10H2,1-3H3. The van der Waals surface area contributed by atoms with Crippen LogP contribution in [-0.4, -0.2) is 5.11 Å². The van der Waals surface area contributed by atoms with Gasteiger partial charge in [-0.2, -0.15) is 0 Å². The molecule has 0 spiro atoms. The number of hydrogen-bond donors (Lipinski definition) is 1. The molecule has 1 atom stereocenters. The van der Waals surface area contributed by atoms with Crippen LogP contribution in [0.5, 0.6) is 0 Å². The molecule has 0 radical (unpaired) electrons. The van der Waals surface area contributed by atoms with Gasteiger partial charge < -0.3 is 5.11 Å². The number of hydrogen-bond acceptors (Lipinski definition) is 1. The van der Waals surface area contributed by atoms with Crippen LogP contribution in [0.1, 0.15) is 43.6 Å². The van der Waals surface area contributed by atoms with Gasteiger partial charge in [0, 0.05) is 10.9 Å². The molecule has 0 aliphatic carbocycles. The van der Waals surface area contributed by atoms with Gasteiger partial charge in [-0.1, -0.05) is 67.0 Å². The van der Waals surface area contributed by atoms with Crippen LogP contribution in [0, 0.1) is 5.82 Å². The third-order valence-corrected chi connectivity index (χ3v) is 4.26. The minimum atomic E-state index is -0.652. The van der Waals surface area contributed by atoms with E-state index in [0.29, 0.717) is 16.5 Å². The molecule has 1 nitrogen and oxygen atoms in total. The largest absolute Gasteiger partial charge is 0.388 e. The maximum Gasteiger partial charge on any atom is 0.124 e. The molecule has 21 heavy (non-hydrogen) atoms. The van der Waals surface area contributed by atoms with E-state index in [1.807, 2.05) is 12.1 Å². The molecule has 1 unspecified atom stereocenters. The predicted octanol–water partition coefficient (Wildman–Crippen LogP) is 5.16. The molecule has 0 saturated carbocycles. The zero-order valence-corrected chi connectivity index (χ0v) is 14.1. The Morgan fingerprint density at radius 3 is 2.24 bits per heavy atom. The molecule has 0 fully saturated rings. The lowest BCUT2D eigenvalue weighted by Crippen LogP contribution is -2.11. The Hall–Kier alpha value is -1.19. The zero-order chi connectivity index (χ0) is 15.6. The van der Waals surface area contributed by atoms with E-state index in [4.69, 9.17) is 0 Å². The summed E-state index contributed by atoms with van der Waals surface area (Å²) in [5.41, 5.74) is 3.16. The molecule has 1 N–H and O–H groups in total. The van der Waals surface area contributed by atoms with Gasteiger partial charge in [-0.25, -0.2) is 4.39 Å². The highest BCUT2D eigenvalue weighted by Gasteiger charge is 2.15. The molecule has 0 aromatic heterocycles. The van der Waals surface area contributed by atoms with Crippen molar-refractivity contribution in [2.75, 3.05) is 0 Å². The summed E-state index contributed by atoms with van der Waals surface area (Å²) in [5.74, 6) is -0.313. The Kier molecular flexibility index (Phi) is 4.84. The van der Waals surface area contributed by atoms with Gasteiger partial charge in [0.2, 0.25) is 0 Å². The van der Waals surface area contributed by atoms with Crippen molar-refractivity contribution < 1.29 is 9.50 Å². The summed E-state index contributed by atoms with van der Waals surface area (Å²) in [6.07, 6.45) is -0.144. The van der Waals surface area contributed by atoms with E-state index < -0.39 is 6.10 Å². The normalized spacial score (nSPS) is 13.2. The predicted molar refractivity (Wildman–Crippen MR) is 87.9 cm³/mol. The van der Waals surface area contributed by atoms with E-state index in [2.05, 4.69) is 48.8 Å². The van der Waals surface area contributed by atoms with Crippen molar-refractivity contribution in [2.45, 2.75) is 38.7 Å². The second-order valence-electron chi connectivity index (χ2n) is 6.33. The molecule has 0 aliphatic heterocycles. The van der Waals surface area contributed by atoms with Crippen molar-refractivity contribution in [1.82, 2.24) is 0 Å². The minimum Gasteiger partial charge on any atom is -0.388 e. The SMILES string of the molecule is CC(C)(C)c1ccc(CC(O)c2ccc(F)cc2Br)cc1.